The molecule has 19 heavy (non-hydrogen) atoms. The molecule has 0 unspecified atom stereocenters. The highest BCUT2D eigenvalue weighted by atomic mass is 19.1. The summed E-state index contributed by atoms with van der Waals surface area (Å²) in [5.41, 5.74) is 2.38. The summed E-state index contributed by atoms with van der Waals surface area (Å²) in [6, 6.07) is 4.59. The number of carbonyl (C=O) groups excluding carboxylic acids is 1. The quantitative estimate of drug-likeness (QED) is 0.822. The van der Waals surface area contributed by atoms with Gasteiger partial charge in [-0.3, -0.25) is 4.79 Å². The van der Waals surface area contributed by atoms with E-state index >= 15 is 0 Å². The molecule has 1 aliphatic carbocycles. The molecule has 0 saturated carbocycles. The van der Waals surface area contributed by atoms with Crippen molar-refractivity contribution in [2.45, 2.75) is 39.0 Å². The second kappa shape index (κ2) is 6.50. The van der Waals surface area contributed by atoms with E-state index in [-0.39, 0.29) is 11.7 Å². The monoisotopic (exact) mass is 261 g/mol. The van der Waals surface area contributed by atoms with Crippen LogP contribution in [0.15, 0.2) is 29.8 Å². The van der Waals surface area contributed by atoms with Gasteiger partial charge in [-0.2, -0.15) is 0 Å². The fourth-order valence-electron chi connectivity index (χ4n) is 2.30. The lowest BCUT2D eigenvalue weighted by atomic mass is 9.97. The van der Waals surface area contributed by atoms with Crippen molar-refractivity contribution < 1.29 is 9.18 Å². The van der Waals surface area contributed by atoms with Crippen LogP contribution in [0.5, 0.6) is 0 Å². The molecule has 1 aliphatic rings. The summed E-state index contributed by atoms with van der Waals surface area (Å²) in [5.74, 6) is -0.530. The smallest absolute Gasteiger partial charge is 0.251 e. The zero-order valence-corrected chi connectivity index (χ0v) is 11.3. The van der Waals surface area contributed by atoms with Gasteiger partial charge in [0.1, 0.15) is 5.82 Å². The number of hydrogen-bond acceptors (Lipinski definition) is 1. The number of hydrogen-bond donors (Lipinski definition) is 1. The number of halogens is 1. The number of benzene rings is 1. The van der Waals surface area contributed by atoms with Crippen molar-refractivity contribution in [1.29, 1.82) is 0 Å². The van der Waals surface area contributed by atoms with E-state index in [1.54, 1.807) is 19.1 Å². The SMILES string of the molecule is Cc1ccc(C(=O)NCCC2=CCCCC2)cc1F. The predicted molar refractivity (Wildman–Crippen MR) is 74.6 cm³/mol. The van der Waals surface area contributed by atoms with Crippen molar-refractivity contribution in [2.75, 3.05) is 6.54 Å². The molecule has 2 rings (SSSR count). The molecule has 3 heteroatoms. The van der Waals surface area contributed by atoms with Crippen LogP contribution in [0.4, 0.5) is 4.39 Å². The molecule has 1 N–H and O–H groups in total. The van der Waals surface area contributed by atoms with Crippen molar-refractivity contribution in [3.63, 3.8) is 0 Å². The highest BCUT2D eigenvalue weighted by molar-refractivity contribution is 5.94. The Balaban J connectivity index is 1.83. The fraction of sp³-hybridized carbons (Fsp3) is 0.438. The first-order chi connectivity index (χ1) is 9.16. The molecule has 0 aromatic heterocycles. The van der Waals surface area contributed by atoms with Crippen LogP contribution in [0.25, 0.3) is 0 Å². The van der Waals surface area contributed by atoms with E-state index in [9.17, 15) is 9.18 Å². The van der Waals surface area contributed by atoms with Gasteiger partial charge in [0.05, 0.1) is 0 Å². The molecule has 1 aromatic carbocycles. The van der Waals surface area contributed by atoms with Crippen LogP contribution in [0.1, 0.15) is 48.0 Å². The second-order valence-electron chi connectivity index (χ2n) is 5.08. The second-order valence-corrected chi connectivity index (χ2v) is 5.08. The van der Waals surface area contributed by atoms with E-state index in [4.69, 9.17) is 0 Å². The molecule has 0 radical (unpaired) electrons. The van der Waals surface area contributed by atoms with Gasteiger partial charge in [0.25, 0.3) is 5.91 Å². The molecule has 0 fully saturated rings. The number of amides is 1. The third-order valence-corrected chi connectivity index (χ3v) is 3.55. The third kappa shape index (κ3) is 3.91. The largest absolute Gasteiger partial charge is 0.352 e. The van der Waals surface area contributed by atoms with E-state index in [0.29, 0.717) is 17.7 Å². The summed E-state index contributed by atoms with van der Waals surface area (Å²) >= 11 is 0. The van der Waals surface area contributed by atoms with Crippen LogP contribution >= 0.6 is 0 Å². The molecule has 102 valence electrons. The summed E-state index contributed by atoms with van der Waals surface area (Å²) in [7, 11) is 0. The molecule has 2 nitrogen and oxygen atoms in total. The highest BCUT2D eigenvalue weighted by Gasteiger charge is 2.08. The van der Waals surface area contributed by atoms with E-state index < -0.39 is 0 Å². The van der Waals surface area contributed by atoms with E-state index in [0.717, 1.165) is 19.3 Å². The standard InChI is InChI=1S/C16H20FNO/c1-12-7-8-14(11-15(12)17)16(19)18-10-9-13-5-3-2-4-6-13/h5,7-8,11H,2-4,6,9-10H2,1H3,(H,18,19). The lowest BCUT2D eigenvalue weighted by Crippen LogP contribution is -2.25. The Labute approximate surface area is 113 Å². The Bertz CT molecular complexity index is 494. The van der Waals surface area contributed by atoms with Gasteiger partial charge in [0.15, 0.2) is 0 Å². The summed E-state index contributed by atoms with van der Waals surface area (Å²) in [6.07, 6.45) is 8.02. The molecule has 1 amide bonds. The lowest BCUT2D eigenvalue weighted by molar-refractivity contribution is 0.0953. The Kier molecular flexibility index (Phi) is 4.72. The van der Waals surface area contributed by atoms with Crippen molar-refractivity contribution in [1.82, 2.24) is 5.32 Å². The van der Waals surface area contributed by atoms with Gasteiger partial charge in [0, 0.05) is 12.1 Å². The first-order valence-electron chi connectivity index (χ1n) is 6.89. The number of rotatable bonds is 4. The van der Waals surface area contributed by atoms with Crippen LogP contribution in [0.2, 0.25) is 0 Å². The zero-order valence-electron chi connectivity index (χ0n) is 11.3. The zero-order chi connectivity index (χ0) is 13.7. The van der Waals surface area contributed by atoms with Gasteiger partial charge < -0.3 is 5.32 Å². The average molecular weight is 261 g/mol. The first-order valence-corrected chi connectivity index (χ1v) is 6.89. The van der Waals surface area contributed by atoms with Crippen molar-refractivity contribution >= 4 is 5.91 Å². The topological polar surface area (TPSA) is 29.1 Å². The Morgan fingerprint density at radius 1 is 1.37 bits per heavy atom. The normalized spacial score (nSPS) is 14.9. The maximum absolute atomic E-state index is 13.4. The van der Waals surface area contributed by atoms with Crippen LogP contribution in [-0.4, -0.2) is 12.5 Å². The van der Waals surface area contributed by atoms with Gasteiger partial charge in [-0.05, 0) is 56.7 Å². The number of allylic oxidation sites excluding steroid dienone is 1. The van der Waals surface area contributed by atoms with Gasteiger partial charge >= 0.3 is 0 Å². The first kappa shape index (κ1) is 13.8. The summed E-state index contributed by atoms with van der Waals surface area (Å²) < 4.78 is 13.4. The molecule has 0 aliphatic heterocycles. The summed E-state index contributed by atoms with van der Waals surface area (Å²) in [4.78, 5) is 11.9. The minimum Gasteiger partial charge on any atom is -0.352 e. The average Bonchev–Trinajstić information content (AvgIpc) is 2.43. The lowest BCUT2D eigenvalue weighted by Gasteiger charge is -2.13. The van der Waals surface area contributed by atoms with Crippen LogP contribution < -0.4 is 5.32 Å². The van der Waals surface area contributed by atoms with E-state index in [2.05, 4.69) is 11.4 Å². The van der Waals surface area contributed by atoms with Crippen LogP contribution in [0, 0.1) is 12.7 Å². The molecule has 0 atom stereocenters. The maximum Gasteiger partial charge on any atom is 0.251 e. The third-order valence-electron chi connectivity index (χ3n) is 3.55. The van der Waals surface area contributed by atoms with Gasteiger partial charge in [-0.15, -0.1) is 0 Å². The van der Waals surface area contributed by atoms with Crippen molar-refractivity contribution in [3.05, 3.63) is 46.8 Å². The fourth-order valence-corrected chi connectivity index (χ4v) is 2.30. The van der Waals surface area contributed by atoms with Crippen LogP contribution in [0.3, 0.4) is 0 Å². The summed E-state index contributed by atoms with van der Waals surface area (Å²) in [6.45, 7) is 2.31. The summed E-state index contributed by atoms with van der Waals surface area (Å²) in [5, 5.41) is 2.85. The predicted octanol–water partition coefficient (Wildman–Crippen LogP) is 3.75. The molecule has 0 bridgehead atoms. The van der Waals surface area contributed by atoms with E-state index in [1.165, 1.54) is 24.5 Å². The van der Waals surface area contributed by atoms with Crippen LogP contribution in [-0.2, 0) is 0 Å². The van der Waals surface area contributed by atoms with Gasteiger partial charge in [-0.1, -0.05) is 17.7 Å². The minimum absolute atomic E-state index is 0.199. The number of carbonyl (C=O) groups is 1. The molecule has 0 saturated heterocycles. The highest BCUT2D eigenvalue weighted by Crippen LogP contribution is 2.19. The Hall–Kier alpha value is -1.64. The number of nitrogens with one attached hydrogen (secondary N) is 1. The van der Waals surface area contributed by atoms with Gasteiger partial charge in [0.2, 0.25) is 0 Å². The maximum atomic E-state index is 13.4. The van der Waals surface area contributed by atoms with Crippen molar-refractivity contribution in [2.24, 2.45) is 0 Å². The Morgan fingerprint density at radius 2 is 2.21 bits per heavy atom. The molecule has 0 spiro atoms. The molecule has 0 heterocycles. The van der Waals surface area contributed by atoms with Gasteiger partial charge in [-0.25, -0.2) is 4.39 Å². The molecular formula is C16H20FNO. The minimum atomic E-state index is -0.331. The number of aryl methyl sites for hydroxylation is 1. The Morgan fingerprint density at radius 3 is 2.89 bits per heavy atom. The van der Waals surface area contributed by atoms with Crippen molar-refractivity contribution in [3.8, 4) is 0 Å². The van der Waals surface area contributed by atoms with E-state index in [1.807, 2.05) is 0 Å². The molecular weight excluding hydrogens is 241 g/mol. The molecule has 1 aromatic rings.